The van der Waals surface area contributed by atoms with Crippen LogP contribution in [-0.2, 0) is 9.53 Å². The number of anilines is 1. The zero-order valence-corrected chi connectivity index (χ0v) is 16.8. The van der Waals surface area contributed by atoms with Gasteiger partial charge in [0.05, 0.1) is 18.5 Å². The lowest BCUT2D eigenvalue weighted by molar-refractivity contribution is -0.146. The van der Waals surface area contributed by atoms with E-state index < -0.39 is 28.8 Å². The Kier molecular flexibility index (Phi) is 5.87. The molecule has 2 unspecified atom stereocenters. The minimum absolute atomic E-state index is 0.0301. The van der Waals surface area contributed by atoms with Crippen LogP contribution >= 0.6 is 0 Å². The van der Waals surface area contributed by atoms with Gasteiger partial charge in [-0.05, 0) is 37.1 Å². The number of hydrazone groups is 1. The largest absolute Gasteiger partial charge is 0.467 e. The maximum Gasteiger partial charge on any atom is 0.333 e. The number of carbonyl (C=O) groups excluding carboxylic acids is 1. The number of carbonyl (C=O) groups is 1. The molecule has 0 spiro atoms. The predicted molar refractivity (Wildman–Crippen MR) is 107 cm³/mol. The summed E-state index contributed by atoms with van der Waals surface area (Å²) in [5.41, 5.74) is -1.50. The molecular formula is C22H25F3N2O2. The SMILES string of the molecule is CCCCC1(F)C=CC(C2=NN(c3ccc(F)cc3F)C(C)(C(=O)OC)C2)=CC1. The molecule has 0 bridgehead atoms. The van der Waals surface area contributed by atoms with Gasteiger partial charge in [-0.25, -0.2) is 23.0 Å². The quantitative estimate of drug-likeness (QED) is 0.606. The number of halogens is 3. The Balaban J connectivity index is 1.93. The summed E-state index contributed by atoms with van der Waals surface area (Å²) in [5, 5.41) is 5.68. The van der Waals surface area contributed by atoms with Gasteiger partial charge in [-0.2, -0.15) is 5.10 Å². The van der Waals surface area contributed by atoms with Crippen molar-refractivity contribution in [1.82, 2.24) is 0 Å². The number of hydrogen-bond donors (Lipinski definition) is 0. The molecule has 0 amide bonds. The van der Waals surface area contributed by atoms with Crippen LogP contribution in [0.2, 0.25) is 0 Å². The first-order valence-electron chi connectivity index (χ1n) is 9.72. The average molecular weight is 406 g/mol. The molecule has 0 fully saturated rings. The lowest BCUT2D eigenvalue weighted by atomic mass is 9.85. The van der Waals surface area contributed by atoms with Crippen molar-refractivity contribution in [2.45, 2.75) is 57.2 Å². The second-order valence-electron chi connectivity index (χ2n) is 7.73. The highest BCUT2D eigenvalue weighted by Gasteiger charge is 2.48. The summed E-state index contributed by atoms with van der Waals surface area (Å²) < 4.78 is 47.5. The minimum atomic E-state index is -1.38. The van der Waals surface area contributed by atoms with Gasteiger partial charge in [0.2, 0.25) is 0 Å². The zero-order chi connectivity index (χ0) is 21.2. The van der Waals surface area contributed by atoms with Crippen molar-refractivity contribution < 1.29 is 22.7 Å². The van der Waals surface area contributed by atoms with Crippen LogP contribution in [0.1, 0.15) is 46.0 Å². The van der Waals surface area contributed by atoms with E-state index in [1.165, 1.54) is 24.3 Å². The molecule has 1 aliphatic heterocycles. The van der Waals surface area contributed by atoms with Gasteiger partial charge in [-0.3, -0.25) is 0 Å². The summed E-state index contributed by atoms with van der Waals surface area (Å²) in [6.45, 7) is 3.60. The van der Waals surface area contributed by atoms with E-state index in [1.54, 1.807) is 19.1 Å². The summed E-state index contributed by atoms with van der Waals surface area (Å²) in [6, 6.07) is 3.08. The van der Waals surface area contributed by atoms with Gasteiger partial charge in [0.1, 0.15) is 11.5 Å². The van der Waals surface area contributed by atoms with Crippen molar-refractivity contribution in [3.8, 4) is 0 Å². The Morgan fingerprint density at radius 3 is 2.69 bits per heavy atom. The fourth-order valence-corrected chi connectivity index (χ4v) is 3.70. The lowest BCUT2D eigenvalue weighted by Crippen LogP contribution is -2.48. The Morgan fingerprint density at radius 1 is 1.34 bits per heavy atom. The fraction of sp³-hybridized carbons (Fsp3) is 0.455. The molecule has 1 heterocycles. The standard InChI is InChI=1S/C22H25F3N2O2/c1-4-5-10-22(25)11-8-15(9-12-22)18-14-21(2,20(28)29-3)27(26-18)19-7-6-16(23)13-17(19)24/h6-9,11,13H,4-5,10,12,14H2,1-3H3. The lowest BCUT2D eigenvalue weighted by Gasteiger charge is -2.31. The van der Waals surface area contributed by atoms with Crippen LogP contribution in [0.3, 0.4) is 0 Å². The van der Waals surface area contributed by atoms with Crippen LogP contribution in [0, 0.1) is 11.6 Å². The fourth-order valence-electron chi connectivity index (χ4n) is 3.70. The number of hydrogen-bond acceptors (Lipinski definition) is 4. The number of benzene rings is 1. The van der Waals surface area contributed by atoms with E-state index in [9.17, 15) is 18.0 Å². The Bertz CT molecular complexity index is 896. The third-order valence-electron chi connectivity index (χ3n) is 5.46. The van der Waals surface area contributed by atoms with Gasteiger partial charge in [-0.15, -0.1) is 0 Å². The molecule has 0 N–H and O–H groups in total. The van der Waals surface area contributed by atoms with Crippen molar-refractivity contribution in [3.05, 3.63) is 53.6 Å². The predicted octanol–water partition coefficient (Wildman–Crippen LogP) is 5.25. The van der Waals surface area contributed by atoms with E-state index in [-0.39, 0.29) is 18.5 Å². The first-order chi connectivity index (χ1) is 13.7. The number of esters is 1. The van der Waals surface area contributed by atoms with Crippen molar-refractivity contribution in [1.29, 1.82) is 0 Å². The number of allylic oxidation sites excluding steroid dienone is 4. The van der Waals surface area contributed by atoms with E-state index >= 15 is 0 Å². The van der Waals surface area contributed by atoms with E-state index in [0.29, 0.717) is 17.7 Å². The normalized spacial score (nSPS) is 26.3. The molecule has 156 valence electrons. The molecule has 0 saturated carbocycles. The monoisotopic (exact) mass is 406 g/mol. The van der Waals surface area contributed by atoms with Gasteiger partial charge in [0, 0.05) is 18.9 Å². The topological polar surface area (TPSA) is 41.9 Å². The molecule has 1 aromatic rings. The van der Waals surface area contributed by atoms with Gasteiger partial charge in [0.25, 0.3) is 0 Å². The summed E-state index contributed by atoms with van der Waals surface area (Å²) in [7, 11) is 1.25. The molecule has 4 nitrogen and oxygen atoms in total. The minimum Gasteiger partial charge on any atom is -0.467 e. The molecule has 0 radical (unpaired) electrons. The van der Waals surface area contributed by atoms with E-state index in [2.05, 4.69) is 5.10 Å². The zero-order valence-electron chi connectivity index (χ0n) is 16.8. The van der Waals surface area contributed by atoms with Gasteiger partial charge >= 0.3 is 5.97 Å². The number of methoxy groups -OCH3 is 1. The number of unbranched alkanes of at least 4 members (excludes halogenated alkanes) is 1. The molecule has 1 aliphatic carbocycles. The van der Waals surface area contributed by atoms with Crippen LogP contribution in [0.15, 0.2) is 47.1 Å². The second kappa shape index (κ2) is 8.05. The summed E-state index contributed by atoms with van der Waals surface area (Å²) >= 11 is 0. The first-order valence-corrected chi connectivity index (χ1v) is 9.72. The molecule has 2 aliphatic rings. The smallest absolute Gasteiger partial charge is 0.333 e. The Morgan fingerprint density at radius 2 is 2.10 bits per heavy atom. The number of rotatable bonds is 6. The third kappa shape index (κ3) is 4.09. The van der Waals surface area contributed by atoms with Crippen molar-refractivity contribution >= 4 is 17.4 Å². The Hall–Kier alpha value is -2.57. The van der Waals surface area contributed by atoms with Crippen molar-refractivity contribution in [2.24, 2.45) is 5.10 Å². The molecule has 2 atom stereocenters. The molecular weight excluding hydrogens is 381 g/mol. The van der Waals surface area contributed by atoms with Crippen LogP contribution in [-0.4, -0.2) is 30.0 Å². The van der Waals surface area contributed by atoms with Crippen molar-refractivity contribution in [3.63, 3.8) is 0 Å². The molecule has 29 heavy (non-hydrogen) atoms. The average Bonchev–Trinajstić information content (AvgIpc) is 3.05. The highest BCUT2D eigenvalue weighted by molar-refractivity contribution is 6.09. The van der Waals surface area contributed by atoms with Crippen LogP contribution in [0.25, 0.3) is 0 Å². The number of ether oxygens (including phenoxy) is 1. The third-order valence-corrected chi connectivity index (χ3v) is 5.46. The Labute approximate surface area is 168 Å². The second-order valence-corrected chi connectivity index (χ2v) is 7.73. The van der Waals surface area contributed by atoms with Crippen LogP contribution < -0.4 is 5.01 Å². The highest BCUT2D eigenvalue weighted by Crippen LogP contribution is 2.39. The van der Waals surface area contributed by atoms with Crippen molar-refractivity contribution in [2.75, 3.05) is 12.1 Å². The summed E-state index contributed by atoms with van der Waals surface area (Å²) in [5.74, 6) is -2.15. The maximum absolute atomic E-state index is 14.8. The summed E-state index contributed by atoms with van der Waals surface area (Å²) in [6.07, 6.45) is 7.50. The maximum atomic E-state index is 14.8. The molecule has 3 rings (SSSR count). The first kappa shape index (κ1) is 21.1. The van der Waals surface area contributed by atoms with Gasteiger partial charge in [0.15, 0.2) is 11.4 Å². The van der Waals surface area contributed by atoms with Crippen LogP contribution in [0.4, 0.5) is 18.9 Å². The molecule has 1 aromatic carbocycles. The highest BCUT2D eigenvalue weighted by atomic mass is 19.1. The van der Waals surface area contributed by atoms with Gasteiger partial charge < -0.3 is 4.74 Å². The van der Waals surface area contributed by atoms with E-state index in [1.807, 2.05) is 6.92 Å². The number of alkyl halides is 1. The molecule has 7 heteroatoms. The van der Waals surface area contributed by atoms with E-state index in [0.717, 1.165) is 25.0 Å². The number of nitrogens with zero attached hydrogens (tertiary/aromatic N) is 2. The van der Waals surface area contributed by atoms with Crippen LogP contribution in [0.5, 0.6) is 0 Å². The molecule has 0 saturated heterocycles. The summed E-state index contributed by atoms with van der Waals surface area (Å²) in [4.78, 5) is 12.5. The molecule has 0 aromatic heterocycles. The van der Waals surface area contributed by atoms with Gasteiger partial charge in [-0.1, -0.05) is 31.9 Å². The van der Waals surface area contributed by atoms with E-state index in [4.69, 9.17) is 4.74 Å².